The van der Waals surface area contributed by atoms with Gasteiger partial charge in [-0.05, 0) is 12.8 Å². The molecule has 1 aromatic rings. The zero-order valence-electron chi connectivity index (χ0n) is 9.52. The van der Waals surface area contributed by atoms with Gasteiger partial charge in [0.2, 0.25) is 0 Å². The average molecular weight is 335 g/mol. The van der Waals surface area contributed by atoms with Crippen LogP contribution in [-0.2, 0) is 10.0 Å². The number of hydrogen-bond acceptors (Lipinski definition) is 4. The number of hydrogen-bond donors (Lipinski definition) is 0. The lowest BCUT2D eigenvalue weighted by Crippen LogP contribution is -2.41. The van der Waals surface area contributed by atoms with Gasteiger partial charge in [0.15, 0.2) is 8.68 Å². The predicted molar refractivity (Wildman–Crippen MR) is 64.7 cm³/mol. The van der Waals surface area contributed by atoms with Gasteiger partial charge in [0.25, 0.3) is 10.0 Å². The Morgan fingerprint density at radius 3 is 2.37 bits per heavy atom. The molecular formula is C9H10ClF3N2O2S2. The molecule has 0 unspecified atom stereocenters. The summed E-state index contributed by atoms with van der Waals surface area (Å²) in [7, 11) is -3.77. The number of rotatable bonds is 2. The van der Waals surface area contributed by atoms with Crippen molar-refractivity contribution in [2.45, 2.75) is 23.2 Å². The molecule has 2 rings (SSSR count). The molecule has 19 heavy (non-hydrogen) atoms. The van der Waals surface area contributed by atoms with Crippen LogP contribution in [0.25, 0.3) is 0 Å². The van der Waals surface area contributed by atoms with Gasteiger partial charge >= 0.3 is 6.18 Å². The second-order valence-electron chi connectivity index (χ2n) is 4.15. The second kappa shape index (κ2) is 5.19. The monoisotopic (exact) mass is 334 g/mol. The molecule has 0 bridgehead atoms. The minimum Gasteiger partial charge on any atom is -0.232 e. The van der Waals surface area contributed by atoms with E-state index in [0.29, 0.717) is 0 Å². The maximum atomic E-state index is 12.5. The van der Waals surface area contributed by atoms with E-state index in [0.717, 1.165) is 21.8 Å². The molecule has 4 nitrogen and oxygen atoms in total. The lowest BCUT2D eigenvalue weighted by atomic mass is 9.98. The number of halogens is 4. The van der Waals surface area contributed by atoms with E-state index in [1.165, 1.54) is 0 Å². The van der Waals surface area contributed by atoms with Crippen molar-refractivity contribution in [3.05, 3.63) is 10.7 Å². The van der Waals surface area contributed by atoms with Crippen LogP contribution in [0.15, 0.2) is 10.4 Å². The standard InChI is InChI=1S/C9H10ClF3N2O2S2/c10-8-14-5-7(18-8)19(16,17)15-3-1-6(2-4-15)9(11,12)13/h5-6H,1-4H2. The molecule has 0 radical (unpaired) electrons. The molecule has 0 amide bonds. The lowest BCUT2D eigenvalue weighted by Gasteiger charge is -2.31. The first-order valence-electron chi connectivity index (χ1n) is 5.39. The van der Waals surface area contributed by atoms with E-state index in [4.69, 9.17) is 11.6 Å². The average Bonchev–Trinajstić information content (AvgIpc) is 2.76. The van der Waals surface area contributed by atoms with Crippen molar-refractivity contribution in [2.75, 3.05) is 13.1 Å². The molecule has 1 fully saturated rings. The minimum absolute atomic E-state index is 0.0389. The Morgan fingerprint density at radius 2 is 1.95 bits per heavy atom. The summed E-state index contributed by atoms with van der Waals surface area (Å²) in [5.41, 5.74) is 0. The maximum absolute atomic E-state index is 12.5. The largest absolute Gasteiger partial charge is 0.391 e. The van der Waals surface area contributed by atoms with Gasteiger partial charge in [0.1, 0.15) is 0 Å². The molecule has 0 saturated carbocycles. The van der Waals surface area contributed by atoms with Gasteiger partial charge < -0.3 is 0 Å². The Hall–Kier alpha value is -0.380. The number of sulfonamides is 1. The fraction of sp³-hybridized carbons (Fsp3) is 0.667. The van der Waals surface area contributed by atoms with Crippen molar-refractivity contribution in [1.82, 2.24) is 9.29 Å². The van der Waals surface area contributed by atoms with Gasteiger partial charge in [-0.2, -0.15) is 17.5 Å². The van der Waals surface area contributed by atoms with Gasteiger partial charge in [-0.25, -0.2) is 13.4 Å². The van der Waals surface area contributed by atoms with Crippen molar-refractivity contribution in [2.24, 2.45) is 5.92 Å². The highest BCUT2D eigenvalue weighted by Crippen LogP contribution is 2.36. The molecule has 1 aliphatic rings. The molecule has 2 heterocycles. The molecule has 10 heteroatoms. The molecule has 1 aromatic heterocycles. The quantitative estimate of drug-likeness (QED) is 0.835. The van der Waals surface area contributed by atoms with Crippen LogP contribution in [0, 0.1) is 5.92 Å². The third-order valence-corrected chi connectivity index (χ3v) is 6.42. The van der Waals surface area contributed by atoms with Crippen molar-refractivity contribution >= 4 is 33.0 Å². The second-order valence-corrected chi connectivity index (χ2v) is 7.93. The zero-order chi connectivity index (χ0) is 14.3. The number of aromatic nitrogens is 1. The van der Waals surface area contributed by atoms with Crippen LogP contribution in [0.3, 0.4) is 0 Å². The third kappa shape index (κ3) is 3.21. The number of piperidine rings is 1. The number of thiazole rings is 1. The third-order valence-electron chi connectivity index (χ3n) is 2.97. The van der Waals surface area contributed by atoms with Crippen LogP contribution in [-0.4, -0.2) is 37.0 Å². The molecule has 0 aromatic carbocycles. The molecule has 0 N–H and O–H groups in total. The molecular weight excluding hydrogens is 325 g/mol. The summed E-state index contributed by atoms with van der Waals surface area (Å²) in [5, 5.41) is 0. The van der Waals surface area contributed by atoms with E-state index >= 15 is 0 Å². The van der Waals surface area contributed by atoms with Crippen LogP contribution in [0.5, 0.6) is 0 Å². The number of alkyl halides is 3. The normalized spacial score (nSPS) is 19.8. The maximum Gasteiger partial charge on any atom is 0.391 e. The Labute approximate surface area is 117 Å². The van der Waals surface area contributed by atoms with E-state index < -0.39 is 22.1 Å². The summed E-state index contributed by atoms with van der Waals surface area (Å²) in [6.07, 6.45) is -3.56. The Bertz CT molecular complexity index is 550. The summed E-state index contributed by atoms with van der Waals surface area (Å²) < 4.78 is 62.8. The predicted octanol–water partition coefficient (Wildman–Crippen LogP) is 2.76. The summed E-state index contributed by atoms with van der Waals surface area (Å²) >= 11 is 6.36. The molecule has 0 aliphatic carbocycles. The highest BCUT2D eigenvalue weighted by Gasteiger charge is 2.43. The first-order valence-corrected chi connectivity index (χ1v) is 8.03. The van der Waals surface area contributed by atoms with Gasteiger partial charge in [-0.1, -0.05) is 22.9 Å². The van der Waals surface area contributed by atoms with Crippen LogP contribution in [0.1, 0.15) is 12.8 Å². The van der Waals surface area contributed by atoms with Crippen LogP contribution < -0.4 is 0 Å². The Balaban J connectivity index is 2.09. The van der Waals surface area contributed by atoms with Crippen LogP contribution >= 0.6 is 22.9 Å². The van der Waals surface area contributed by atoms with Gasteiger partial charge in [0, 0.05) is 13.1 Å². The lowest BCUT2D eigenvalue weighted by molar-refractivity contribution is -0.182. The summed E-state index contributed by atoms with van der Waals surface area (Å²) in [5.74, 6) is -1.43. The van der Waals surface area contributed by atoms with Crippen molar-refractivity contribution in [3.8, 4) is 0 Å². The zero-order valence-corrected chi connectivity index (χ0v) is 11.9. The molecule has 108 valence electrons. The molecule has 0 spiro atoms. The Morgan fingerprint density at radius 1 is 1.37 bits per heavy atom. The highest BCUT2D eigenvalue weighted by atomic mass is 35.5. The summed E-state index contributed by atoms with van der Waals surface area (Å²) in [6.45, 7) is -0.274. The molecule has 1 saturated heterocycles. The first-order chi connectivity index (χ1) is 8.71. The SMILES string of the molecule is O=S(=O)(c1cnc(Cl)s1)N1CCC(C(F)(F)F)CC1. The van der Waals surface area contributed by atoms with E-state index in [1.807, 2.05) is 0 Å². The topological polar surface area (TPSA) is 50.3 Å². The summed E-state index contributed by atoms with van der Waals surface area (Å²) in [4.78, 5) is 3.63. The van der Waals surface area contributed by atoms with Crippen molar-refractivity contribution < 1.29 is 21.6 Å². The van der Waals surface area contributed by atoms with E-state index in [2.05, 4.69) is 4.98 Å². The fourth-order valence-electron chi connectivity index (χ4n) is 1.91. The van der Waals surface area contributed by atoms with Crippen LogP contribution in [0.4, 0.5) is 13.2 Å². The van der Waals surface area contributed by atoms with Gasteiger partial charge in [0.05, 0.1) is 12.1 Å². The number of nitrogens with zero attached hydrogens (tertiary/aromatic N) is 2. The summed E-state index contributed by atoms with van der Waals surface area (Å²) in [6, 6.07) is 0. The minimum atomic E-state index is -4.26. The Kier molecular flexibility index (Phi) is 4.10. The highest BCUT2D eigenvalue weighted by molar-refractivity contribution is 7.91. The van der Waals surface area contributed by atoms with Crippen molar-refractivity contribution in [3.63, 3.8) is 0 Å². The van der Waals surface area contributed by atoms with Crippen LogP contribution in [0.2, 0.25) is 4.47 Å². The molecule has 0 atom stereocenters. The fourth-order valence-corrected chi connectivity index (χ4v) is 4.83. The van der Waals surface area contributed by atoms with E-state index in [9.17, 15) is 21.6 Å². The molecule has 1 aliphatic heterocycles. The van der Waals surface area contributed by atoms with Gasteiger partial charge in [-0.15, -0.1) is 0 Å². The first kappa shape index (κ1) is 15.0. The van der Waals surface area contributed by atoms with Gasteiger partial charge in [-0.3, -0.25) is 0 Å². The van der Waals surface area contributed by atoms with Crippen molar-refractivity contribution in [1.29, 1.82) is 0 Å². The smallest absolute Gasteiger partial charge is 0.232 e. The van der Waals surface area contributed by atoms with E-state index in [1.54, 1.807) is 0 Å². The van der Waals surface area contributed by atoms with E-state index in [-0.39, 0.29) is 34.6 Å².